The fourth-order valence-corrected chi connectivity index (χ4v) is 1.59. The molecule has 0 aliphatic carbocycles. The average Bonchev–Trinajstić information content (AvgIpc) is 2.75. The van der Waals surface area contributed by atoms with Gasteiger partial charge in [-0.2, -0.15) is 0 Å². The number of nitrogen functional groups attached to an aromatic ring is 1. The smallest absolute Gasteiger partial charge is 0.313 e. The summed E-state index contributed by atoms with van der Waals surface area (Å²) >= 11 is 0. The average molecular weight is 219 g/mol. The van der Waals surface area contributed by atoms with E-state index in [9.17, 15) is 0 Å². The SMILES string of the molecule is Nc1nnc(-c2cccc3c2OCCO3)o1. The summed E-state index contributed by atoms with van der Waals surface area (Å²) in [4.78, 5) is 0. The van der Waals surface area contributed by atoms with Crippen molar-refractivity contribution >= 4 is 6.01 Å². The number of aromatic nitrogens is 2. The molecular weight excluding hydrogens is 210 g/mol. The molecule has 2 aromatic rings. The number of rotatable bonds is 1. The molecule has 1 aliphatic heterocycles. The molecule has 1 aromatic heterocycles. The number of hydrogen-bond acceptors (Lipinski definition) is 6. The van der Waals surface area contributed by atoms with Crippen LogP contribution >= 0.6 is 0 Å². The molecule has 0 saturated carbocycles. The van der Waals surface area contributed by atoms with Crippen molar-refractivity contribution in [1.82, 2.24) is 10.2 Å². The van der Waals surface area contributed by atoms with Crippen LogP contribution in [0.15, 0.2) is 22.6 Å². The van der Waals surface area contributed by atoms with Crippen LogP contribution in [0.5, 0.6) is 11.5 Å². The largest absolute Gasteiger partial charge is 0.486 e. The van der Waals surface area contributed by atoms with Gasteiger partial charge in [-0.25, -0.2) is 0 Å². The van der Waals surface area contributed by atoms with Gasteiger partial charge in [0.05, 0.1) is 5.56 Å². The standard InChI is InChI=1S/C10H9N3O3/c11-10-13-12-9(16-10)6-2-1-3-7-8(6)15-5-4-14-7/h1-3H,4-5H2,(H2,11,13). The lowest BCUT2D eigenvalue weighted by molar-refractivity contribution is 0.172. The fourth-order valence-electron chi connectivity index (χ4n) is 1.59. The molecule has 2 heterocycles. The number of ether oxygens (including phenoxy) is 2. The Balaban J connectivity index is 2.13. The van der Waals surface area contributed by atoms with Gasteiger partial charge in [-0.15, -0.1) is 5.10 Å². The molecule has 1 aliphatic rings. The van der Waals surface area contributed by atoms with Gasteiger partial charge in [0.15, 0.2) is 11.5 Å². The Bertz CT molecular complexity index is 524. The molecule has 0 saturated heterocycles. The van der Waals surface area contributed by atoms with Crippen molar-refractivity contribution in [2.75, 3.05) is 18.9 Å². The molecule has 0 atom stereocenters. The molecule has 82 valence electrons. The Labute approximate surface area is 91.0 Å². The van der Waals surface area contributed by atoms with Crippen LogP contribution in [-0.2, 0) is 0 Å². The lowest BCUT2D eigenvalue weighted by Crippen LogP contribution is -2.15. The van der Waals surface area contributed by atoms with Gasteiger partial charge in [0.25, 0.3) is 5.89 Å². The number of nitrogens with two attached hydrogens (primary N) is 1. The number of fused-ring (bicyclic) bond motifs is 1. The molecule has 0 bridgehead atoms. The lowest BCUT2D eigenvalue weighted by atomic mass is 10.2. The molecule has 6 nitrogen and oxygen atoms in total. The molecule has 0 unspecified atom stereocenters. The van der Waals surface area contributed by atoms with Gasteiger partial charge in [-0.3, -0.25) is 0 Å². The Morgan fingerprint density at radius 2 is 2.00 bits per heavy atom. The summed E-state index contributed by atoms with van der Waals surface area (Å²) < 4.78 is 16.1. The topological polar surface area (TPSA) is 83.4 Å². The molecule has 0 radical (unpaired) electrons. The Kier molecular flexibility index (Phi) is 1.92. The highest BCUT2D eigenvalue weighted by atomic mass is 16.6. The normalized spacial score (nSPS) is 13.8. The number of para-hydroxylation sites is 1. The van der Waals surface area contributed by atoms with Gasteiger partial charge in [0.1, 0.15) is 13.2 Å². The minimum atomic E-state index is 0.0318. The fraction of sp³-hybridized carbons (Fsp3) is 0.200. The van der Waals surface area contributed by atoms with Crippen LogP contribution in [0, 0.1) is 0 Å². The predicted octanol–water partition coefficient (Wildman–Crippen LogP) is 1.09. The second-order valence-electron chi connectivity index (χ2n) is 3.28. The molecule has 2 N–H and O–H groups in total. The van der Waals surface area contributed by atoms with E-state index in [0.717, 1.165) is 0 Å². The Hall–Kier alpha value is -2.24. The summed E-state index contributed by atoms with van der Waals surface area (Å²) in [5, 5.41) is 7.42. The maximum atomic E-state index is 5.52. The Morgan fingerprint density at radius 3 is 2.81 bits per heavy atom. The summed E-state index contributed by atoms with van der Waals surface area (Å²) in [7, 11) is 0. The molecule has 0 amide bonds. The van der Waals surface area contributed by atoms with Crippen LogP contribution < -0.4 is 15.2 Å². The van der Waals surface area contributed by atoms with Crippen LogP contribution in [0.3, 0.4) is 0 Å². The van der Waals surface area contributed by atoms with Crippen molar-refractivity contribution in [2.24, 2.45) is 0 Å². The van der Waals surface area contributed by atoms with Crippen molar-refractivity contribution in [3.8, 4) is 23.0 Å². The van der Waals surface area contributed by atoms with Gasteiger partial charge in [-0.05, 0) is 12.1 Å². The quantitative estimate of drug-likeness (QED) is 0.772. The lowest BCUT2D eigenvalue weighted by Gasteiger charge is -2.19. The minimum Gasteiger partial charge on any atom is -0.486 e. The van der Waals surface area contributed by atoms with E-state index in [1.165, 1.54) is 0 Å². The first-order valence-electron chi connectivity index (χ1n) is 4.82. The summed E-state index contributed by atoms with van der Waals surface area (Å²) in [5.41, 5.74) is 6.08. The van der Waals surface area contributed by atoms with Crippen LogP contribution in [0.1, 0.15) is 0 Å². The highest BCUT2D eigenvalue weighted by Crippen LogP contribution is 2.39. The summed E-state index contributed by atoms with van der Waals surface area (Å²) in [6.07, 6.45) is 0. The van der Waals surface area contributed by atoms with Crippen molar-refractivity contribution in [3.63, 3.8) is 0 Å². The third-order valence-corrected chi connectivity index (χ3v) is 2.24. The van der Waals surface area contributed by atoms with Crippen molar-refractivity contribution in [3.05, 3.63) is 18.2 Å². The van der Waals surface area contributed by atoms with E-state index >= 15 is 0 Å². The van der Waals surface area contributed by atoms with Crippen LogP contribution in [-0.4, -0.2) is 23.4 Å². The zero-order chi connectivity index (χ0) is 11.0. The van der Waals surface area contributed by atoms with E-state index in [1.54, 1.807) is 0 Å². The van der Waals surface area contributed by atoms with Gasteiger partial charge in [0, 0.05) is 0 Å². The summed E-state index contributed by atoms with van der Waals surface area (Å²) in [5.74, 6) is 1.64. The first-order valence-corrected chi connectivity index (χ1v) is 4.82. The summed E-state index contributed by atoms with van der Waals surface area (Å²) in [6, 6.07) is 5.52. The van der Waals surface area contributed by atoms with Gasteiger partial charge in [-0.1, -0.05) is 11.2 Å². The van der Waals surface area contributed by atoms with E-state index in [4.69, 9.17) is 19.6 Å². The third-order valence-electron chi connectivity index (χ3n) is 2.24. The van der Waals surface area contributed by atoms with E-state index in [1.807, 2.05) is 18.2 Å². The highest BCUT2D eigenvalue weighted by molar-refractivity contribution is 5.68. The molecule has 1 aromatic carbocycles. The molecule has 3 rings (SSSR count). The number of anilines is 1. The minimum absolute atomic E-state index is 0.0318. The maximum Gasteiger partial charge on any atom is 0.313 e. The summed E-state index contributed by atoms with van der Waals surface area (Å²) in [6.45, 7) is 1.05. The molecular formula is C10H9N3O3. The van der Waals surface area contributed by atoms with Crippen LogP contribution in [0.2, 0.25) is 0 Å². The van der Waals surface area contributed by atoms with Gasteiger partial charge in [0.2, 0.25) is 0 Å². The second-order valence-corrected chi connectivity index (χ2v) is 3.28. The van der Waals surface area contributed by atoms with E-state index < -0.39 is 0 Å². The zero-order valence-corrected chi connectivity index (χ0v) is 8.34. The molecule has 0 fully saturated rings. The second kappa shape index (κ2) is 3.41. The van der Waals surface area contributed by atoms with E-state index in [-0.39, 0.29) is 6.01 Å². The van der Waals surface area contributed by atoms with Gasteiger partial charge < -0.3 is 19.6 Å². The highest BCUT2D eigenvalue weighted by Gasteiger charge is 2.19. The monoisotopic (exact) mass is 219 g/mol. The predicted molar refractivity (Wildman–Crippen MR) is 55.1 cm³/mol. The Morgan fingerprint density at radius 1 is 1.12 bits per heavy atom. The van der Waals surface area contributed by atoms with Crippen molar-refractivity contribution in [1.29, 1.82) is 0 Å². The van der Waals surface area contributed by atoms with Gasteiger partial charge >= 0.3 is 6.01 Å². The maximum absolute atomic E-state index is 5.52. The van der Waals surface area contributed by atoms with Crippen LogP contribution in [0.25, 0.3) is 11.5 Å². The first-order chi connectivity index (χ1) is 7.84. The zero-order valence-electron chi connectivity index (χ0n) is 8.34. The number of hydrogen-bond donors (Lipinski definition) is 1. The van der Waals surface area contributed by atoms with E-state index in [0.29, 0.717) is 36.2 Å². The van der Waals surface area contributed by atoms with Crippen LogP contribution in [0.4, 0.5) is 6.01 Å². The molecule has 16 heavy (non-hydrogen) atoms. The molecule has 0 spiro atoms. The van der Waals surface area contributed by atoms with Crippen molar-refractivity contribution in [2.45, 2.75) is 0 Å². The molecule has 6 heteroatoms. The van der Waals surface area contributed by atoms with E-state index in [2.05, 4.69) is 10.2 Å². The third kappa shape index (κ3) is 1.35. The van der Waals surface area contributed by atoms with Crippen molar-refractivity contribution < 1.29 is 13.9 Å². The number of benzene rings is 1. The number of nitrogens with zero attached hydrogens (tertiary/aromatic N) is 2. The first kappa shape index (κ1) is 9.02.